The van der Waals surface area contributed by atoms with Crippen LogP contribution in [-0.4, -0.2) is 88.2 Å². The molecule has 3 aromatic heterocycles. The van der Waals surface area contributed by atoms with Crippen molar-refractivity contribution in [3.8, 4) is 11.3 Å². The molecule has 3 fully saturated rings. The number of hydrogen-bond donors (Lipinski definition) is 3. The Balaban J connectivity index is 0.763. The molecule has 0 bridgehead atoms. The summed E-state index contributed by atoms with van der Waals surface area (Å²) in [7, 11) is 0. The topological polar surface area (TPSA) is 184 Å². The Bertz CT molecular complexity index is 2490. The first-order chi connectivity index (χ1) is 27.1. The zero-order chi connectivity index (χ0) is 38.7. The summed E-state index contributed by atoms with van der Waals surface area (Å²) in [5, 5.41) is 6.46. The van der Waals surface area contributed by atoms with Gasteiger partial charge in [0.05, 0.1) is 39.1 Å². The summed E-state index contributed by atoms with van der Waals surface area (Å²) >= 11 is 6.26. The molecule has 0 saturated carbocycles. The number of imide groups is 2. The quantitative estimate of drug-likeness (QED) is 0.151. The molecule has 2 aromatic carbocycles. The summed E-state index contributed by atoms with van der Waals surface area (Å²) in [6, 6.07) is 15.3. The molecule has 5 aromatic rings. The molecule has 4 N–H and O–H groups in total. The SMILES string of the molecule is Nc1nc2c(=O)c3c(Cl)cccc3oc2cc1-c1ccc(NC2CCN(CC3CCN(c4ccc5c(c4)C(=O)N(C4CCC(=O)NC4=O)C5=O)CC3)CC2)cn1. The minimum absolute atomic E-state index is 0.0922. The number of nitrogens with two attached hydrogens (primary N) is 1. The third-order valence-corrected chi connectivity index (χ3v) is 11.9. The van der Waals surface area contributed by atoms with Gasteiger partial charge >= 0.3 is 0 Å². The van der Waals surface area contributed by atoms with Crippen molar-refractivity contribution in [2.24, 2.45) is 5.92 Å². The summed E-state index contributed by atoms with van der Waals surface area (Å²) in [5.41, 5.74) is 10.4. The van der Waals surface area contributed by atoms with E-state index in [1.165, 1.54) is 0 Å². The largest absolute Gasteiger partial charge is 0.454 e. The maximum absolute atomic E-state index is 13.3. The average molecular weight is 775 g/mol. The van der Waals surface area contributed by atoms with Gasteiger partial charge in [-0.15, -0.1) is 0 Å². The summed E-state index contributed by atoms with van der Waals surface area (Å²) < 4.78 is 5.99. The normalized spacial score (nSPS) is 19.9. The third-order valence-electron chi connectivity index (χ3n) is 11.6. The number of likely N-dealkylation sites (tertiary alicyclic amines) is 1. The fraction of sp³-hybridized carbons (Fsp3) is 0.341. The van der Waals surface area contributed by atoms with Gasteiger partial charge in [-0.1, -0.05) is 17.7 Å². The standard InChI is InChI=1S/C41H39ClN8O6/c42-29-2-1-3-32-35(29)37(52)36-33(56-32)19-28(38(43)47-36)30-7-4-24(20-44-30)45-23-12-14-48(15-13-23)21-22-10-16-49(17-11-22)25-5-6-26-27(18-25)41(55)50(40(26)54)31-8-9-34(51)46-39(31)53/h1-7,18-20,22-23,31,45H,8-17,21H2,(H2,43,47)(H,46,51,53). The van der Waals surface area contributed by atoms with Gasteiger partial charge in [0.2, 0.25) is 17.2 Å². The number of benzene rings is 2. The minimum atomic E-state index is -0.971. The molecule has 1 unspecified atom stereocenters. The highest BCUT2D eigenvalue weighted by Crippen LogP contribution is 2.34. The van der Waals surface area contributed by atoms with Gasteiger partial charge in [-0.25, -0.2) is 4.98 Å². The molecule has 15 heteroatoms. The van der Waals surface area contributed by atoms with Gasteiger partial charge in [-0.2, -0.15) is 0 Å². The number of anilines is 3. The number of halogens is 1. The van der Waals surface area contributed by atoms with E-state index in [1.54, 1.807) is 42.6 Å². The van der Waals surface area contributed by atoms with E-state index in [2.05, 4.69) is 30.4 Å². The first-order valence-corrected chi connectivity index (χ1v) is 19.4. The van der Waals surface area contributed by atoms with Gasteiger partial charge in [0, 0.05) is 56.4 Å². The number of carbonyl (C=O) groups excluding carboxylic acids is 4. The lowest BCUT2D eigenvalue weighted by molar-refractivity contribution is -0.136. The summed E-state index contributed by atoms with van der Waals surface area (Å²) in [6.07, 6.45) is 6.09. The maximum Gasteiger partial charge on any atom is 0.262 e. The fourth-order valence-electron chi connectivity index (χ4n) is 8.53. The summed E-state index contributed by atoms with van der Waals surface area (Å²) in [4.78, 5) is 78.4. The smallest absolute Gasteiger partial charge is 0.262 e. The second kappa shape index (κ2) is 14.3. The van der Waals surface area contributed by atoms with Crippen LogP contribution in [0.1, 0.15) is 59.2 Å². The summed E-state index contributed by atoms with van der Waals surface area (Å²) in [5.74, 6) is -1.22. The molecular formula is C41H39ClN8O6. The molecule has 0 aliphatic carbocycles. The van der Waals surface area contributed by atoms with Gasteiger partial charge in [-0.3, -0.25) is 39.2 Å². The van der Waals surface area contributed by atoms with E-state index in [0.29, 0.717) is 50.5 Å². The van der Waals surface area contributed by atoms with E-state index < -0.39 is 29.7 Å². The first-order valence-electron chi connectivity index (χ1n) is 19.0. The zero-order valence-electron chi connectivity index (χ0n) is 30.4. The predicted molar refractivity (Wildman–Crippen MR) is 212 cm³/mol. The van der Waals surface area contributed by atoms with Crippen LogP contribution in [0.15, 0.2) is 70.0 Å². The highest BCUT2D eigenvalue weighted by molar-refractivity contribution is 6.35. The van der Waals surface area contributed by atoms with Crippen molar-refractivity contribution >= 4 is 74.5 Å². The van der Waals surface area contributed by atoms with E-state index in [4.69, 9.17) is 21.8 Å². The van der Waals surface area contributed by atoms with E-state index in [0.717, 1.165) is 74.7 Å². The van der Waals surface area contributed by atoms with Crippen molar-refractivity contribution < 1.29 is 23.6 Å². The van der Waals surface area contributed by atoms with Crippen LogP contribution in [0.25, 0.3) is 33.3 Å². The van der Waals surface area contributed by atoms with Crippen LogP contribution in [-0.2, 0) is 9.59 Å². The average Bonchev–Trinajstić information content (AvgIpc) is 3.44. The lowest BCUT2D eigenvalue weighted by atomic mass is 9.94. The van der Waals surface area contributed by atoms with Crippen LogP contribution < -0.4 is 26.7 Å². The first kappa shape index (κ1) is 35.8. The number of pyridine rings is 2. The van der Waals surface area contributed by atoms with Crippen molar-refractivity contribution in [2.45, 2.75) is 50.6 Å². The molecule has 9 rings (SSSR count). The second-order valence-corrected chi connectivity index (χ2v) is 15.5. The molecule has 4 aliphatic rings. The van der Waals surface area contributed by atoms with Crippen molar-refractivity contribution in [1.29, 1.82) is 0 Å². The lowest BCUT2D eigenvalue weighted by Gasteiger charge is -2.38. The number of piperidine rings is 3. The van der Waals surface area contributed by atoms with Crippen LogP contribution in [0.3, 0.4) is 0 Å². The van der Waals surface area contributed by atoms with Crippen LogP contribution in [0.5, 0.6) is 0 Å². The van der Waals surface area contributed by atoms with E-state index in [1.807, 2.05) is 18.2 Å². The number of carbonyl (C=O) groups is 4. The van der Waals surface area contributed by atoms with Crippen molar-refractivity contribution in [2.75, 3.05) is 48.7 Å². The molecule has 0 spiro atoms. The molecule has 14 nitrogen and oxygen atoms in total. The lowest BCUT2D eigenvalue weighted by Crippen LogP contribution is -2.54. The summed E-state index contributed by atoms with van der Waals surface area (Å²) in [6.45, 7) is 4.74. The van der Waals surface area contributed by atoms with Crippen LogP contribution >= 0.6 is 11.6 Å². The Morgan fingerprint density at radius 2 is 1.64 bits per heavy atom. The Morgan fingerprint density at radius 3 is 2.39 bits per heavy atom. The van der Waals surface area contributed by atoms with Gasteiger partial charge in [0.15, 0.2) is 11.1 Å². The molecule has 4 aliphatic heterocycles. The number of nitrogen functional groups attached to an aromatic ring is 1. The molecule has 4 amide bonds. The predicted octanol–water partition coefficient (Wildman–Crippen LogP) is 4.83. The highest BCUT2D eigenvalue weighted by Gasteiger charge is 2.45. The molecular weight excluding hydrogens is 736 g/mol. The molecule has 0 radical (unpaired) electrons. The van der Waals surface area contributed by atoms with E-state index >= 15 is 0 Å². The van der Waals surface area contributed by atoms with E-state index in [9.17, 15) is 24.0 Å². The van der Waals surface area contributed by atoms with E-state index in [-0.39, 0.29) is 35.0 Å². The number of rotatable bonds is 7. The fourth-order valence-corrected chi connectivity index (χ4v) is 8.78. The Labute approximate surface area is 326 Å². The van der Waals surface area contributed by atoms with Gasteiger partial charge in [-0.05, 0) is 86.6 Å². The number of amides is 4. The molecule has 3 saturated heterocycles. The van der Waals surface area contributed by atoms with Gasteiger partial charge < -0.3 is 25.3 Å². The number of aromatic nitrogens is 2. The molecule has 1 atom stereocenters. The van der Waals surface area contributed by atoms with Crippen molar-refractivity contribution in [3.63, 3.8) is 0 Å². The van der Waals surface area contributed by atoms with Crippen molar-refractivity contribution in [3.05, 3.63) is 87.2 Å². The minimum Gasteiger partial charge on any atom is -0.454 e. The number of hydrogen-bond acceptors (Lipinski definition) is 12. The number of nitrogens with one attached hydrogen (secondary N) is 2. The number of fused-ring (bicyclic) bond motifs is 3. The van der Waals surface area contributed by atoms with Crippen LogP contribution in [0.2, 0.25) is 5.02 Å². The monoisotopic (exact) mass is 774 g/mol. The third kappa shape index (κ3) is 6.52. The van der Waals surface area contributed by atoms with Crippen LogP contribution in [0, 0.1) is 5.92 Å². The molecule has 286 valence electrons. The van der Waals surface area contributed by atoms with Gasteiger partial charge in [0.25, 0.3) is 11.8 Å². The second-order valence-electron chi connectivity index (χ2n) is 15.1. The zero-order valence-corrected chi connectivity index (χ0v) is 31.2. The number of nitrogens with zero attached hydrogens (tertiary/aromatic N) is 5. The Kier molecular flexibility index (Phi) is 9.17. The highest BCUT2D eigenvalue weighted by atomic mass is 35.5. The molecule has 56 heavy (non-hydrogen) atoms. The van der Waals surface area contributed by atoms with Gasteiger partial charge in [0.1, 0.15) is 17.4 Å². The van der Waals surface area contributed by atoms with Crippen LogP contribution in [0.4, 0.5) is 17.2 Å². The van der Waals surface area contributed by atoms with Crippen molar-refractivity contribution in [1.82, 2.24) is 25.1 Å². The Morgan fingerprint density at radius 1 is 0.857 bits per heavy atom. The molecule has 7 heterocycles. The maximum atomic E-state index is 13.3. The Hall–Kier alpha value is -5.86.